The van der Waals surface area contributed by atoms with Gasteiger partial charge in [-0.1, -0.05) is 30.9 Å². The van der Waals surface area contributed by atoms with Crippen molar-refractivity contribution in [3.05, 3.63) is 36.7 Å². The van der Waals surface area contributed by atoms with Gasteiger partial charge in [0, 0.05) is 17.7 Å². The van der Waals surface area contributed by atoms with Crippen molar-refractivity contribution in [1.82, 2.24) is 0 Å². The van der Waals surface area contributed by atoms with Crippen LogP contribution in [0.4, 0.5) is 0 Å². The Kier molecular flexibility index (Phi) is 6.28. The van der Waals surface area contributed by atoms with Gasteiger partial charge in [0.25, 0.3) is 0 Å². The summed E-state index contributed by atoms with van der Waals surface area (Å²) in [7, 11) is -3.14. The minimum absolute atomic E-state index is 0.357. The van der Waals surface area contributed by atoms with Crippen molar-refractivity contribution in [2.45, 2.75) is 38.5 Å². The largest absolute Gasteiger partial charge is 0.353 e. The fraction of sp³-hybridized carbons (Fsp3) is 0.625. The molecule has 0 radical (unpaired) electrons. The van der Waals surface area contributed by atoms with Crippen molar-refractivity contribution in [2.75, 3.05) is 13.2 Å². The average Bonchev–Trinajstić information content (AvgIpc) is 2.53. The van der Waals surface area contributed by atoms with Crippen LogP contribution < -0.4 is 0 Å². The highest BCUT2D eigenvalue weighted by atomic mass is 31.2. The van der Waals surface area contributed by atoms with Crippen LogP contribution in [0.2, 0.25) is 0 Å². The van der Waals surface area contributed by atoms with Crippen LogP contribution in [0.5, 0.6) is 0 Å². The molecule has 2 aliphatic carbocycles. The standard InChI is InChI=1S/C16H25O3P/c1-2-20(17,18-13-15-9-5-3-6-10-15)19-14-16-11-7-4-8-12-16/h2,5,7,9,11,15-16H,1,3-4,6,8,10,12-14H2. The zero-order valence-electron chi connectivity index (χ0n) is 12.1. The zero-order valence-corrected chi connectivity index (χ0v) is 13.0. The molecule has 0 N–H and O–H groups in total. The number of allylic oxidation sites excluding steroid dienone is 2. The van der Waals surface area contributed by atoms with E-state index in [0.29, 0.717) is 25.0 Å². The summed E-state index contributed by atoms with van der Waals surface area (Å²) in [5.74, 6) is 2.05. The summed E-state index contributed by atoms with van der Waals surface area (Å²) in [6, 6.07) is 0. The van der Waals surface area contributed by atoms with Gasteiger partial charge >= 0.3 is 7.60 Å². The molecule has 0 amide bonds. The lowest BCUT2D eigenvalue weighted by atomic mass is 9.97. The molecular weight excluding hydrogens is 271 g/mol. The van der Waals surface area contributed by atoms with E-state index in [1.54, 1.807) is 0 Å². The van der Waals surface area contributed by atoms with Gasteiger partial charge in [0.15, 0.2) is 0 Å². The second-order valence-corrected chi connectivity index (χ2v) is 7.51. The summed E-state index contributed by atoms with van der Waals surface area (Å²) in [4.78, 5) is 0. The molecule has 2 rings (SSSR count). The van der Waals surface area contributed by atoms with E-state index < -0.39 is 7.60 Å². The molecule has 0 aromatic rings. The van der Waals surface area contributed by atoms with Crippen molar-refractivity contribution in [3.63, 3.8) is 0 Å². The van der Waals surface area contributed by atoms with Crippen molar-refractivity contribution < 1.29 is 13.6 Å². The lowest BCUT2D eigenvalue weighted by Crippen LogP contribution is -2.12. The molecule has 0 saturated heterocycles. The van der Waals surface area contributed by atoms with Gasteiger partial charge in [0.2, 0.25) is 0 Å². The Hall–Kier alpha value is -0.630. The molecule has 20 heavy (non-hydrogen) atoms. The smallest absolute Gasteiger partial charge is 0.305 e. The normalized spacial score (nSPS) is 29.0. The van der Waals surface area contributed by atoms with Crippen LogP contribution >= 0.6 is 7.60 Å². The van der Waals surface area contributed by atoms with Crippen molar-refractivity contribution in [2.24, 2.45) is 11.8 Å². The first kappa shape index (κ1) is 15.8. The second kappa shape index (κ2) is 7.97. The Labute approximate surface area is 122 Å². The van der Waals surface area contributed by atoms with E-state index in [1.807, 2.05) is 0 Å². The first-order valence-electron chi connectivity index (χ1n) is 7.57. The molecule has 4 heteroatoms. The van der Waals surface area contributed by atoms with E-state index in [4.69, 9.17) is 9.05 Å². The van der Waals surface area contributed by atoms with Gasteiger partial charge in [-0.05, 0) is 38.5 Å². The average molecular weight is 296 g/mol. The maximum Gasteiger partial charge on any atom is 0.353 e. The molecular formula is C16H25O3P. The van der Waals surface area contributed by atoms with Gasteiger partial charge in [-0.15, -0.1) is 0 Å². The van der Waals surface area contributed by atoms with Crippen molar-refractivity contribution in [1.29, 1.82) is 0 Å². The third-order valence-electron chi connectivity index (χ3n) is 3.87. The molecule has 0 saturated carbocycles. The number of hydrogen-bond acceptors (Lipinski definition) is 3. The van der Waals surface area contributed by atoms with Gasteiger partial charge in [0.05, 0.1) is 13.2 Å². The predicted octanol–water partition coefficient (Wildman–Crippen LogP) is 5.07. The third kappa shape index (κ3) is 5.05. The molecule has 0 aromatic carbocycles. The van der Waals surface area contributed by atoms with Crippen LogP contribution in [-0.4, -0.2) is 13.2 Å². The summed E-state index contributed by atoms with van der Waals surface area (Å²) in [6.07, 6.45) is 15.5. The highest BCUT2D eigenvalue weighted by Gasteiger charge is 2.23. The third-order valence-corrected chi connectivity index (χ3v) is 5.33. The summed E-state index contributed by atoms with van der Waals surface area (Å²) in [6.45, 7) is 4.53. The molecule has 0 fully saturated rings. The predicted molar refractivity (Wildman–Crippen MR) is 82.7 cm³/mol. The fourth-order valence-corrected chi connectivity index (χ4v) is 3.67. The first-order chi connectivity index (χ1) is 9.72. The van der Waals surface area contributed by atoms with E-state index in [1.165, 1.54) is 18.7 Å². The highest BCUT2D eigenvalue weighted by molar-refractivity contribution is 7.57. The van der Waals surface area contributed by atoms with Gasteiger partial charge in [0.1, 0.15) is 0 Å². The SMILES string of the molecule is C=CP(=O)(OCC1C=CCCC1)OCC1C=CCCC1. The van der Waals surface area contributed by atoms with E-state index in [0.717, 1.165) is 25.7 Å². The highest BCUT2D eigenvalue weighted by Crippen LogP contribution is 2.50. The molecule has 2 atom stereocenters. The second-order valence-electron chi connectivity index (χ2n) is 5.55. The summed E-state index contributed by atoms with van der Waals surface area (Å²) >= 11 is 0. The van der Waals surface area contributed by atoms with E-state index in [9.17, 15) is 4.57 Å². The Morgan fingerprint density at radius 2 is 1.55 bits per heavy atom. The number of hydrogen-bond donors (Lipinski definition) is 0. The van der Waals surface area contributed by atoms with Crippen molar-refractivity contribution in [3.8, 4) is 0 Å². The fourth-order valence-electron chi connectivity index (χ4n) is 2.59. The molecule has 3 nitrogen and oxygen atoms in total. The Bertz CT molecular complexity index is 382. The molecule has 2 unspecified atom stereocenters. The van der Waals surface area contributed by atoms with Gasteiger partial charge in [-0.3, -0.25) is 4.57 Å². The summed E-state index contributed by atoms with van der Waals surface area (Å²) in [5.41, 5.74) is 0. The zero-order chi connectivity index (χ0) is 14.3. The maximum atomic E-state index is 12.5. The monoisotopic (exact) mass is 296 g/mol. The van der Waals surface area contributed by atoms with Crippen LogP contribution in [0.25, 0.3) is 0 Å². The minimum atomic E-state index is -3.14. The van der Waals surface area contributed by atoms with Crippen LogP contribution in [0.3, 0.4) is 0 Å². The first-order valence-corrected chi connectivity index (χ1v) is 9.19. The Morgan fingerprint density at radius 1 is 1.05 bits per heavy atom. The molecule has 0 bridgehead atoms. The lowest BCUT2D eigenvalue weighted by Gasteiger charge is -2.22. The lowest BCUT2D eigenvalue weighted by molar-refractivity contribution is 0.177. The van der Waals surface area contributed by atoms with Crippen LogP contribution in [0.1, 0.15) is 38.5 Å². The molecule has 0 aliphatic heterocycles. The van der Waals surface area contributed by atoms with Gasteiger partial charge in [-0.25, -0.2) is 0 Å². The van der Waals surface area contributed by atoms with Crippen LogP contribution in [-0.2, 0) is 13.6 Å². The van der Waals surface area contributed by atoms with Gasteiger partial charge < -0.3 is 9.05 Å². The molecule has 0 aromatic heterocycles. The van der Waals surface area contributed by atoms with E-state index >= 15 is 0 Å². The van der Waals surface area contributed by atoms with Gasteiger partial charge in [-0.2, -0.15) is 0 Å². The van der Waals surface area contributed by atoms with Crippen LogP contribution in [0, 0.1) is 11.8 Å². The topological polar surface area (TPSA) is 35.5 Å². The molecule has 0 heterocycles. The van der Waals surface area contributed by atoms with Crippen molar-refractivity contribution >= 4 is 7.60 Å². The molecule has 112 valence electrons. The summed E-state index contributed by atoms with van der Waals surface area (Å²) < 4.78 is 23.6. The quantitative estimate of drug-likeness (QED) is 0.486. The van der Waals surface area contributed by atoms with E-state index in [-0.39, 0.29) is 0 Å². The minimum Gasteiger partial charge on any atom is -0.305 e. The molecule has 2 aliphatic rings. The number of rotatable bonds is 7. The van der Waals surface area contributed by atoms with Crippen LogP contribution in [0.15, 0.2) is 36.7 Å². The summed E-state index contributed by atoms with van der Waals surface area (Å²) in [5, 5.41) is 0. The Morgan fingerprint density at radius 3 is 1.90 bits per heavy atom. The Balaban J connectivity index is 1.78. The maximum absolute atomic E-state index is 12.5. The molecule has 0 spiro atoms. The van der Waals surface area contributed by atoms with E-state index in [2.05, 4.69) is 30.9 Å².